The smallest absolute Gasteiger partial charge is 0.226 e. The van der Waals surface area contributed by atoms with Gasteiger partial charge >= 0.3 is 0 Å². The summed E-state index contributed by atoms with van der Waals surface area (Å²) in [5.74, 6) is 0.493. The van der Waals surface area contributed by atoms with Crippen molar-refractivity contribution in [2.75, 3.05) is 32.8 Å². The predicted molar refractivity (Wildman–Crippen MR) is 82.3 cm³/mol. The van der Waals surface area contributed by atoms with Gasteiger partial charge in [-0.2, -0.15) is 0 Å². The second kappa shape index (κ2) is 7.65. The standard InChI is InChI=1S/C16H24N4O2/c21-16(13-3-5-17-6-4-13)20-9-10-22-12-15(20)2-1-14-11-18-7-8-19-14/h7-8,11,13,15,17H,1-6,9-10,12H2. The second-order valence-electron chi connectivity index (χ2n) is 6.02. The maximum absolute atomic E-state index is 12.8. The first-order chi connectivity index (χ1) is 10.8. The fourth-order valence-electron chi connectivity index (χ4n) is 3.26. The normalized spacial score (nSPS) is 23.5. The van der Waals surface area contributed by atoms with Crippen LogP contribution in [0, 0.1) is 5.92 Å². The predicted octanol–water partition coefficient (Wildman–Crippen LogP) is 0.636. The van der Waals surface area contributed by atoms with E-state index in [9.17, 15) is 4.79 Å². The first-order valence-corrected chi connectivity index (χ1v) is 8.18. The van der Waals surface area contributed by atoms with Crippen LogP contribution in [-0.4, -0.2) is 59.7 Å². The average Bonchev–Trinajstić information content (AvgIpc) is 2.61. The molecule has 3 rings (SSSR count). The molecule has 2 aliphatic heterocycles. The van der Waals surface area contributed by atoms with Crippen molar-refractivity contribution in [2.24, 2.45) is 5.92 Å². The minimum atomic E-state index is 0.165. The first kappa shape index (κ1) is 15.4. The van der Waals surface area contributed by atoms with Crippen LogP contribution in [0.4, 0.5) is 0 Å². The van der Waals surface area contributed by atoms with Gasteiger partial charge < -0.3 is 15.0 Å². The van der Waals surface area contributed by atoms with E-state index in [1.807, 2.05) is 0 Å². The molecule has 1 aromatic rings. The number of nitrogens with zero attached hydrogens (tertiary/aromatic N) is 3. The van der Waals surface area contributed by atoms with E-state index >= 15 is 0 Å². The highest BCUT2D eigenvalue weighted by Gasteiger charge is 2.32. The van der Waals surface area contributed by atoms with Crippen LogP contribution >= 0.6 is 0 Å². The van der Waals surface area contributed by atoms with Crippen molar-refractivity contribution in [1.82, 2.24) is 20.2 Å². The number of amides is 1. The SMILES string of the molecule is O=C(C1CCNCC1)N1CCOCC1CCc1cnccn1. The van der Waals surface area contributed by atoms with Crippen molar-refractivity contribution in [3.05, 3.63) is 24.3 Å². The van der Waals surface area contributed by atoms with E-state index in [1.54, 1.807) is 18.6 Å². The van der Waals surface area contributed by atoms with Crippen molar-refractivity contribution < 1.29 is 9.53 Å². The Morgan fingerprint density at radius 2 is 2.23 bits per heavy atom. The minimum Gasteiger partial charge on any atom is -0.377 e. The van der Waals surface area contributed by atoms with Crippen LogP contribution in [0.15, 0.2) is 18.6 Å². The number of aromatic nitrogens is 2. The zero-order valence-electron chi connectivity index (χ0n) is 12.9. The van der Waals surface area contributed by atoms with E-state index in [-0.39, 0.29) is 12.0 Å². The van der Waals surface area contributed by atoms with E-state index in [0.717, 1.165) is 44.5 Å². The molecule has 2 fully saturated rings. The van der Waals surface area contributed by atoms with Crippen LogP contribution in [0.5, 0.6) is 0 Å². The van der Waals surface area contributed by atoms with Gasteiger partial charge in [0.25, 0.3) is 0 Å². The molecule has 0 bridgehead atoms. The highest BCUT2D eigenvalue weighted by molar-refractivity contribution is 5.79. The number of piperidine rings is 1. The monoisotopic (exact) mass is 304 g/mol. The molecule has 2 aliphatic rings. The lowest BCUT2D eigenvalue weighted by molar-refractivity contribution is -0.145. The second-order valence-corrected chi connectivity index (χ2v) is 6.02. The Morgan fingerprint density at radius 3 is 3.00 bits per heavy atom. The molecule has 0 saturated carbocycles. The number of ether oxygens (including phenoxy) is 1. The van der Waals surface area contributed by atoms with Crippen LogP contribution in [-0.2, 0) is 16.0 Å². The molecule has 1 N–H and O–H groups in total. The van der Waals surface area contributed by atoms with E-state index in [1.165, 1.54) is 0 Å². The topological polar surface area (TPSA) is 67.4 Å². The Labute approximate surface area is 131 Å². The fraction of sp³-hybridized carbons (Fsp3) is 0.688. The molecule has 22 heavy (non-hydrogen) atoms. The Bertz CT molecular complexity index is 476. The van der Waals surface area contributed by atoms with E-state index in [0.29, 0.717) is 25.7 Å². The van der Waals surface area contributed by atoms with Crippen molar-refractivity contribution in [3.63, 3.8) is 0 Å². The zero-order valence-corrected chi connectivity index (χ0v) is 12.9. The molecule has 0 spiro atoms. The van der Waals surface area contributed by atoms with Gasteiger partial charge in [0.15, 0.2) is 0 Å². The molecule has 2 saturated heterocycles. The van der Waals surface area contributed by atoms with Crippen LogP contribution < -0.4 is 5.32 Å². The molecule has 6 nitrogen and oxygen atoms in total. The van der Waals surface area contributed by atoms with Gasteiger partial charge in [-0.3, -0.25) is 14.8 Å². The van der Waals surface area contributed by atoms with Crippen LogP contribution in [0.2, 0.25) is 0 Å². The van der Waals surface area contributed by atoms with Gasteiger partial charge in [0.05, 0.1) is 24.9 Å². The number of aryl methyl sites for hydroxylation is 1. The first-order valence-electron chi connectivity index (χ1n) is 8.18. The van der Waals surface area contributed by atoms with Gasteiger partial charge in [-0.05, 0) is 38.8 Å². The Morgan fingerprint density at radius 1 is 1.36 bits per heavy atom. The van der Waals surface area contributed by atoms with Crippen molar-refractivity contribution in [1.29, 1.82) is 0 Å². The maximum Gasteiger partial charge on any atom is 0.226 e. The average molecular weight is 304 g/mol. The number of rotatable bonds is 4. The van der Waals surface area contributed by atoms with E-state index < -0.39 is 0 Å². The largest absolute Gasteiger partial charge is 0.377 e. The third-order valence-electron chi connectivity index (χ3n) is 4.55. The van der Waals surface area contributed by atoms with Gasteiger partial charge in [-0.1, -0.05) is 0 Å². The number of hydrogen-bond acceptors (Lipinski definition) is 5. The summed E-state index contributed by atoms with van der Waals surface area (Å²) in [6, 6.07) is 0.165. The lowest BCUT2D eigenvalue weighted by Gasteiger charge is -2.38. The quantitative estimate of drug-likeness (QED) is 0.884. The summed E-state index contributed by atoms with van der Waals surface area (Å²) in [6.45, 7) is 3.90. The van der Waals surface area contributed by atoms with Gasteiger partial charge in [0, 0.05) is 31.1 Å². The van der Waals surface area contributed by atoms with Crippen LogP contribution in [0.3, 0.4) is 0 Å². The molecule has 1 amide bonds. The van der Waals surface area contributed by atoms with Crippen LogP contribution in [0.1, 0.15) is 25.0 Å². The summed E-state index contributed by atoms with van der Waals surface area (Å²) in [6.07, 6.45) is 8.81. The number of morpholine rings is 1. The highest BCUT2D eigenvalue weighted by Crippen LogP contribution is 2.20. The molecular weight excluding hydrogens is 280 g/mol. The fourth-order valence-corrected chi connectivity index (χ4v) is 3.26. The van der Waals surface area contributed by atoms with Crippen molar-refractivity contribution in [3.8, 4) is 0 Å². The molecule has 0 aromatic carbocycles. The molecule has 1 atom stereocenters. The molecular formula is C16H24N4O2. The molecule has 120 valence electrons. The number of carbonyl (C=O) groups is 1. The number of carbonyl (C=O) groups excluding carboxylic acids is 1. The van der Waals surface area contributed by atoms with Crippen LogP contribution in [0.25, 0.3) is 0 Å². The lowest BCUT2D eigenvalue weighted by Crippen LogP contribution is -2.52. The minimum absolute atomic E-state index is 0.165. The summed E-state index contributed by atoms with van der Waals surface area (Å²) in [4.78, 5) is 23.2. The molecule has 6 heteroatoms. The van der Waals surface area contributed by atoms with Gasteiger partial charge in [-0.15, -0.1) is 0 Å². The lowest BCUT2D eigenvalue weighted by atomic mass is 9.95. The van der Waals surface area contributed by atoms with E-state index in [4.69, 9.17) is 4.74 Å². The molecule has 0 radical (unpaired) electrons. The third-order valence-corrected chi connectivity index (χ3v) is 4.55. The molecule has 1 aromatic heterocycles. The van der Waals surface area contributed by atoms with Gasteiger partial charge in [0.1, 0.15) is 0 Å². The number of hydrogen-bond donors (Lipinski definition) is 1. The van der Waals surface area contributed by atoms with Gasteiger partial charge in [-0.25, -0.2) is 0 Å². The number of nitrogens with one attached hydrogen (secondary N) is 1. The molecule has 1 unspecified atom stereocenters. The Hall–Kier alpha value is -1.53. The van der Waals surface area contributed by atoms with Gasteiger partial charge in [0.2, 0.25) is 5.91 Å². The summed E-state index contributed by atoms with van der Waals surface area (Å²) in [5.41, 5.74) is 0.974. The highest BCUT2D eigenvalue weighted by atomic mass is 16.5. The maximum atomic E-state index is 12.8. The molecule has 0 aliphatic carbocycles. The molecule has 3 heterocycles. The Kier molecular flexibility index (Phi) is 5.34. The summed E-state index contributed by atoms with van der Waals surface area (Å²) in [7, 11) is 0. The summed E-state index contributed by atoms with van der Waals surface area (Å²) < 4.78 is 5.60. The zero-order chi connectivity index (χ0) is 15.2. The summed E-state index contributed by atoms with van der Waals surface area (Å²) in [5, 5.41) is 3.32. The van der Waals surface area contributed by atoms with Crippen molar-refractivity contribution in [2.45, 2.75) is 31.7 Å². The van der Waals surface area contributed by atoms with Crippen molar-refractivity contribution >= 4 is 5.91 Å². The third kappa shape index (κ3) is 3.81. The Balaban J connectivity index is 1.59. The summed E-state index contributed by atoms with van der Waals surface area (Å²) >= 11 is 0. The van der Waals surface area contributed by atoms with E-state index in [2.05, 4.69) is 20.2 Å².